The highest BCUT2D eigenvalue weighted by Gasteiger charge is 2.37. The molecule has 0 aliphatic rings. The fraction of sp³-hybridized carbons (Fsp3) is 0.875. The minimum absolute atomic E-state index is 0.742. The molecule has 14 heavy (non-hydrogen) atoms. The van der Waals surface area contributed by atoms with Gasteiger partial charge in [0.25, 0.3) is 0 Å². The SMILES string of the molecule is C[Si](C)(C)C(O)[C@H](O)C(=O)[C@H](O)CO. The van der Waals surface area contributed by atoms with Crippen molar-refractivity contribution in [2.24, 2.45) is 0 Å². The molecular weight excluding hydrogens is 204 g/mol. The first-order valence-corrected chi connectivity index (χ1v) is 7.98. The van der Waals surface area contributed by atoms with Crippen molar-refractivity contribution in [2.45, 2.75) is 37.6 Å². The van der Waals surface area contributed by atoms with Crippen LogP contribution >= 0.6 is 0 Å². The molecule has 5 nitrogen and oxygen atoms in total. The van der Waals surface area contributed by atoms with Crippen molar-refractivity contribution in [3.05, 3.63) is 0 Å². The molecule has 0 saturated carbocycles. The van der Waals surface area contributed by atoms with Crippen LogP contribution in [0.2, 0.25) is 19.6 Å². The zero-order valence-corrected chi connectivity index (χ0v) is 9.64. The molecule has 0 saturated heterocycles. The van der Waals surface area contributed by atoms with Crippen molar-refractivity contribution < 1.29 is 25.2 Å². The highest BCUT2D eigenvalue weighted by molar-refractivity contribution is 6.77. The summed E-state index contributed by atoms with van der Waals surface area (Å²) in [6, 6.07) is 0. The van der Waals surface area contributed by atoms with E-state index < -0.39 is 38.4 Å². The van der Waals surface area contributed by atoms with Gasteiger partial charge in [0.05, 0.1) is 20.4 Å². The van der Waals surface area contributed by atoms with Gasteiger partial charge in [-0.25, -0.2) is 0 Å². The Balaban J connectivity index is 4.47. The lowest BCUT2D eigenvalue weighted by molar-refractivity contribution is -0.140. The zero-order chi connectivity index (χ0) is 11.5. The molecule has 0 radical (unpaired) electrons. The van der Waals surface area contributed by atoms with Crippen molar-refractivity contribution in [3.8, 4) is 0 Å². The molecular formula is C8H18O5Si. The zero-order valence-electron chi connectivity index (χ0n) is 8.64. The number of hydrogen-bond donors (Lipinski definition) is 4. The Hall–Kier alpha value is -0.273. The van der Waals surface area contributed by atoms with Gasteiger partial charge in [0.15, 0.2) is 5.78 Å². The van der Waals surface area contributed by atoms with E-state index in [1.54, 1.807) is 19.6 Å². The third kappa shape index (κ3) is 3.47. The molecule has 0 amide bonds. The predicted molar refractivity (Wildman–Crippen MR) is 53.5 cm³/mol. The second-order valence-corrected chi connectivity index (χ2v) is 9.68. The minimum atomic E-state index is -2.05. The highest BCUT2D eigenvalue weighted by atomic mass is 28.3. The summed E-state index contributed by atoms with van der Waals surface area (Å²) in [7, 11) is -2.05. The van der Waals surface area contributed by atoms with Crippen LogP contribution in [0.4, 0.5) is 0 Å². The third-order valence-electron chi connectivity index (χ3n) is 1.98. The first-order valence-electron chi connectivity index (χ1n) is 4.40. The lowest BCUT2D eigenvalue weighted by Gasteiger charge is -2.28. The summed E-state index contributed by atoms with van der Waals surface area (Å²) < 4.78 is 0. The Morgan fingerprint density at radius 2 is 1.64 bits per heavy atom. The summed E-state index contributed by atoms with van der Waals surface area (Å²) in [6.45, 7) is 4.63. The Morgan fingerprint density at radius 1 is 1.21 bits per heavy atom. The van der Waals surface area contributed by atoms with E-state index in [1.165, 1.54) is 0 Å². The fourth-order valence-corrected chi connectivity index (χ4v) is 2.03. The Morgan fingerprint density at radius 3 is 1.93 bits per heavy atom. The second kappa shape index (κ2) is 4.99. The van der Waals surface area contributed by atoms with E-state index in [2.05, 4.69) is 0 Å². The average Bonchev–Trinajstić information content (AvgIpc) is 2.11. The van der Waals surface area contributed by atoms with E-state index in [0.29, 0.717) is 0 Å². The molecule has 0 aliphatic carbocycles. The number of rotatable bonds is 5. The van der Waals surface area contributed by atoms with Crippen LogP contribution in [-0.2, 0) is 4.79 Å². The van der Waals surface area contributed by atoms with Gasteiger partial charge in [-0.2, -0.15) is 0 Å². The predicted octanol–water partition coefficient (Wildman–Crippen LogP) is -1.49. The molecule has 0 aromatic rings. The van der Waals surface area contributed by atoms with Crippen LogP contribution < -0.4 is 0 Å². The van der Waals surface area contributed by atoms with Crippen molar-refractivity contribution in [2.75, 3.05) is 6.61 Å². The van der Waals surface area contributed by atoms with Gasteiger partial charge in [0.1, 0.15) is 12.2 Å². The number of Topliss-reactive ketones (excluding diaryl/α,β-unsaturated/α-hetero) is 1. The van der Waals surface area contributed by atoms with Gasteiger partial charge in [-0.15, -0.1) is 0 Å². The largest absolute Gasteiger partial charge is 0.393 e. The van der Waals surface area contributed by atoms with Gasteiger partial charge in [0.2, 0.25) is 0 Å². The van der Waals surface area contributed by atoms with Gasteiger partial charge in [-0.1, -0.05) is 19.6 Å². The molecule has 4 N–H and O–H groups in total. The molecule has 1 unspecified atom stereocenters. The van der Waals surface area contributed by atoms with Crippen LogP contribution in [-0.4, -0.2) is 58.8 Å². The summed E-state index contributed by atoms with van der Waals surface area (Å²) >= 11 is 0. The maximum Gasteiger partial charge on any atom is 0.194 e. The van der Waals surface area contributed by atoms with Crippen LogP contribution in [0.5, 0.6) is 0 Å². The van der Waals surface area contributed by atoms with Gasteiger partial charge < -0.3 is 20.4 Å². The first kappa shape index (κ1) is 13.7. The minimum Gasteiger partial charge on any atom is -0.393 e. The van der Waals surface area contributed by atoms with Crippen LogP contribution in [0.3, 0.4) is 0 Å². The maximum absolute atomic E-state index is 11.2. The lowest BCUT2D eigenvalue weighted by Crippen LogP contribution is -2.52. The van der Waals surface area contributed by atoms with Crippen LogP contribution in [0, 0.1) is 0 Å². The van der Waals surface area contributed by atoms with Gasteiger partial charge in [-0.3, -0.25) is 4.79 Å². The maximum atomic E-state index is 11.2. The molecule has 0 aromatic heterocycles. The van der Waals surface area contributed by atoms with E-state index in [4.69, 9.17) is 10.2 Å². The van der Waals surface area contributed by atoms with Crippen LogP contribution in [0.15, 0.2) is 0 Å². The Bertz CT molecular complexity index is 200. The van der Waals surface area contributed by atoms with Crippen molar-refractivity contribution in [1.29, 1.82) is 0 Å². The van der Waals surface area contributed by atoms with Crippen LogP contribution in [0.25, 0.3) is 0 Å². The fourth-order valence-electron chi connectivity index (χ4n) is 0.916. The van der Waals surface area contributed by atoms with Crippen molar-refractivity contribution >= 4 is 13.9 Å². The van der Waals surface area contributed by atoms with E-state index in [9.17, 15) is 15.0 Å². The molecule has 84 valence electrons. The Labute approximate surface area is 84.0 Å². The molecule has 0 aliphatic heterocycles. The van der Waals surface area contributed by atoms with E-state index >= 15 is 0 Å². The number of aliphatic hydroxyl groups is 4. The molecule has 3 atom stereocenters. The molecule has 0 spiro atoms. The first-order chi connectivity index (χ1) is 6.21. The molecule has 0 aromatic carbocycles. The second-order valence-electron chi connectivity index (χ2n) is 4.36. The lowest BCUT2D eigenvalue weighted by atomic mass is 10.1. The van der Waals surface area contributed by atoms with E-state index in [0.717, 1.165) is 0 Å². The van der Waals surface area contributed by atoms with Crippen molar-refractivity contribution in [3.63, 3.8) is 0 Å². The van der Waals surface area contributed by atoms with Gasteiger partial charge in [-0.05, 0) is 0 Å². The molecule has 0 heterocycles. The van der Waals surface area contributed by atoms with E-state index in [1.807, 2.05) is 0 Å². The molecule has 0 fully saturated rings. The third-order valence-corrected chi connectivity index (χ3v) is 4.07. The summed E-state index contributed by atoms with van der Waals surface area (Å²) in [6.07, 6.45) is -3.22. The summed E-state index contributed by atoms with van der Waals surface area (Å²) in [5.74, 6) is -0.928. The average molecular weight is 222 g/mol. The van der Waals surface area contributed by atoms with E-state index in [-0.39, 0.29) is 0 Å². The normalized spacial score (nSPS) is 18.8. The number of carbonyl (C=O) groups is 1. The molecule has 6 heteroatoms. The standard InChI is InChI=1S/C8H18O5Si/c1-14(2,3)8(13)7(12)6(11)5(10)4-9/h5,7-10,12-13H,4H2,1-3H3/t5-,7-,8?/m1/s1. The highest BCUT2D eigenvalue weighted by Crippen LogP contribution is 2.12. The molecule has 0 bridgehead atoms. The quantitative estimate of drug-likeness (QED) is 0.425. The molecule has 0 rings (SSSR count). The van der Waals surface area contributed by atoms with Gasteiger partial charge >= 0.3 is 0 Å². The summed E-state index contributed by atoms with van der Waals surface area (Å²) in [4.78, 5) is 11.2. The smallest absolute Gasteiger partial charge is 0.194 e. The topological polar surface area (TPSA) is 98.0 Å². The number of aliphatic hydroxyl groups excluding tert-OH is 4. The Kier molecular flexibility index (Phi) is 4.89. The summed E-state index contributed by atoms with van der Waals surface area (Å²) in [5, 5.41) is 36.4. The van der Waals surface area contributed by atoms with Gasteiger partial charge in [0, 0.05) is 0 Å². The van der Waals surface area contributed by atoms with Crippen molar-refractivity contribution in [1.82, 2.24) is 0 Å². The number of ketones is 1. The van der Waals surface area contributed by atoms with Crippen LogP contribution in [0.1, 0.15) is 0 Å². The monoisotopic (exact) mass is 222 g/mol. The summed E-state index contributed by atoms with van der Waals surface area (Å²) in [5.41, 5.74) is -1.13. The number of carbonyl (C=O) groups excluding carboxylic acids is 1. The number of hydrogen-bond acceptors (Lipinski definition) is 5.